The summed E-state index contributed by atoms with van der Waals surface area (Å²) in [5.74, 6) is 0.388. The minimum Gasteiger partial charge on any atom is -0.357 e. The monoisotopic (exact) mass is 514 g/mol. The molecule has 38 heavy (non-hydrogen) atoms. The molecule has 3 aromatic heterocycles. The average Bonchev–Trinajstić information content (AvgIpc) is 3.63. The van der Waals surface area contributed by atoms with Crippen LogP contribution in [0.4, 0.5) is 5.82 Å². The highest BCUT2D eigenvalue weighted by molar-refractivity contribution is 6.06. The van der Waals surface area contributed by atoms with Crippen LogP contribution in [-0.2, 0) is 6.54 Å². The van der Waals surface area contributed by atoms with E-state index in [1.54, 1.807) is 0 Å². The van der Waals surface area contributed by atoms with Crippen molar-refractivity contribution in [3.8, 4) is 0 Å². The van der Waals surface area contributed by atoms with E-state index in [-0.39, 0.29) is 5.91 Å². The quantitative estimate of drug-likeness (QED) is 0.309. The highest BCUT2D eigenvalue weighted by Crippen LogP contribution is 2.32. The molecule has 200 valence electrons. The number of nitrogens with zero attached hydrogens (tertiary/aromatic N) is 5. The summed E-state index contributed by atoms with van der Waals surface area (Å²) in [7, 11) is 2.17. The van der Waals surface area contributed by atoms with Gasteiger partial charge in [-0.3, -0.25) is 14.4 Å². The molecule has 2 saturated heterocycles. The maximum Gasteiger partial charge on any atom is 0.256 e. The number of likely N-dealkylation sites (tertiary alicyclic amines) is 1. The van der Waals surface area contributed by atoms with Crippen LogP contribution in [0.2, 0.25) is 0 Å². The number of nitrogens with one attached hydrogen (secondary N) is 3. The average molecular weight is 515 g/mol. The van der Waals surface area contributed by atoms with Crippen molar-refractivity contribution < 1.29 is 4.79 Å². The number of aromatic nitrogens is 4. The van der Waals surface area contributed by atoms with Crippen LogP contribution in [0.3, 0.4) is 0 Å². The first-order valence-electron chi connectivity index (χ1n) is 14.0. The fraction of sp³-hybridized carbons (Fsp3) is 0.483. The molecule has 5 heterocycles. The highest BCUT2D eigenvalue weighted by atomic mass is 16.1. The highest BCUT2D eigenvalue weighted by Gasteiger charge is 2.24. The number of hydrogen-bond donors (Lipinski definition) is 3. The first-order valence-corrected chi connectivity index (χ1v) is 14.0. The zero-order valence-electron chi connectivity index (χ0n) is 22.5. The lowest BCUT2D eigenvalue weighted by Crippen LogP contribution is -2.43. The van der Waals surface area contributed by atoms with Gasteiger partial charge in [0.05, 0.1) is 16.7 Å². The minimum absolute atomic E-state index is 0.162. The number of aryl methyl sites for hydroxylation is 2. The third kappa shape index (κ3) is 5.18. The van der Waals surface area contributed by atoms with Gasteiger partial charge in [-0.05, 0) is 70.9 Å². The van der Waals surface area contributed by atoms with Gasteiger partial charge < -0.3 is 20.5 Å². The molecule has 3 N–H and O–H groups in total. The molecule has 9 nitrogen and oxygen atoms in total. The normalized spacial score (nSPS) is 19.1. The zero-order chi connectivity index (χ0) is 26.1. The first-order chi connectivity index (χ1) is 18.5. The van der Waals surface area contributed by atoms with Gasteiger partial charge in [-0.15, -0.1) is 0 Å². The fourth-order valence-corrected chi connectivity index (χ4v) is 5.97. The molecule has 1 atom stereocenters. The number of hydrogen-bond acceptors (Lipinski definition) is 6. The molecule has 1 amide bonds. The summed E-state index contributed by atoms with van der Waals surface area (Å²) in [6, 6.07) is 10.4. The number of amides is 1. The Morgan fingerprint density at radius 3 is 2.76 bits per heavy atom. The van der Waals surface area contributed by atoms with E-state index in [2.05, 4.69) is 48.2 Å². The summed E-state index contributed by atoms with van der Waals surface area (Å²) in [5, 5.41) is 13.3. The summed E-state index contributed by atoms with van der Waals surface area (Å²) >= 11 is 0. The lowest BCUT2D eigenvalue weighted by molar-refractivity contribution is 0.102. The lowest BCUT2D eigenvalue weighted by atomic mass is 10.1. The second-order valence-electron chi connectivity index (χ2n) is 10.8. The lowest BCUT2D eigenvalue weighted by Gasteiger charge is -2.27. The molecular formula is C29H38N8O. The Morgan fingerprint density at radius 2 is 1.95 bits per heavy atom. The molecule has 0 bridgehead atoms. The van der Waals surface area contributed by atoms with Crippen molar-refractivity contribution in [2.24, 2.45) is 0 Å². The molecule has 0 unspecified atom stereocenters. The molecule has 2 fully saturated rings. The van der Waals surface area contributed by atoms with Crippen LogP contribution in [0.15, 0.2) is 36.5 Å². The smallest absolute Gasteiger partial charge is 0.256 e. The molecule has 1 aromatic carbocycles. The van der Waals surface area contributed by atoms with Gasteiger partial charge >= 0.3 is 0 Å². The second kappa shape index (κ2) is 10.8. The van der Waals surface area contributed by atoms with Crippen LogP contribution in [0.25, 0.3) is 21.8 Å². The van der Waals surface area contributed by atoms with Gasteiger partial charge in [0.15, 0.2) is 0 Å². The first kappa shape index (κ1) is 25.0. The van der Waals surface area contributed by atoms with Crippen molar-refractivity contribution in [2.75, 3.05) is 51.6 Å². The summed E-state index contributed by atoms with van der Waals surface area (Å²) in [4.78, 5) is 26.2. The number of benzene rings is 1. The standard InChI is InChI=1S/C29H38N8O/c1-20-23-8-7-21(17-27(23)37(34-20)13-4-3-12-36-14-9-30-10-15-36)29(38)33-28-18-24-22(19-31-28)16-25(32-24)26-6-5-11-35(26)2/h7-8,16-19,26,30,32H,3-6,9-15H2,1-2H3,(H,31,33,38)/t26-/m0/s1. The van der Waals surface area contributed by atoms with Gasteiger partial charge in [0.25, 0.3) is 5.91 Å². The predicted molar refractivity (Wildman–Crippen MR) is 152 cm³/mol. The maximum atomic E-state index is 13.2. The van der Waals surface area contributed by atoms with Crippen LogP contribution in [0.5, 0.6) is 0 Å². The number of unbranched alkanes of at least 4 members (excludes halogenated alkanes) is 1. The van der Waals surface area contributed by atoms with E-state index >= 15 is 0 Å². The number of fused-ring (bicyclic) bond motifs is 2. The number of carbonyl (C=O) groups excluding carboxylic acids is 1. The molecule has 0 spiro atoms. The number of piperazine rings is 1. The van der Waals surface area contributed by atoms with Crippen LogP contribution in [-0.4, -0.2) is 81.8 Å². The molecule has 9 heteroatoms. The third-order valence-corrected chi connectivity index (χ3v) is 8.15. The van der Waals surface area contributed by atoms with Crippen molar-refractivity contribution >= 4 is 33.5 Å². The van der Waals surface area contributed by atoms with Gasteiger partial charge in [0.1, 0.15) is 5.82 Å². The molecule has 2 aliphatic heterocycles. The molecule has 0 saturated carbocycles. The van der Waals surface area contributed by atoms with Crippen LogP contribution < -0.4 is 10.6 Å². The van der Waals surface area contributed by atoms with Crippen molar-refractivity contribution in [2.45, 2.75) is 45.2 Å². The van der Waals surface area contributed by atoms with Crippen molar-refractivity contribution in [1.82, 2.24) is 34.9 Å². The molecule has 2 aliphatic rings. The van der Waals surface area contributed by atoms with E-state index in [0.29, 0.717) is 17.4 Å². The minimum atomic E-state index is -0.162. The number of aromatic amines is 1. The summed E-state index contributed by atoms with van der Waals surface area (Å²) in [5.41, 5.74) is 4.83. The molecule has 6 rings (SSSR count). The predicted octanol–water partition coefficient (Wildman–Crippen LogP) is 3.93. The van der Waals surface area contributed by atoms with E-state index in [1.165, 1.54) is 12.1 Å². The summed E-state index contributed by atoms with van der Waals surface area (Å²) < 4.78 is 2.06. The number of pyridine rings is 1. The Labute approximate surface area is 223 Å². The van der Waals surface area contributed by atoms with Gasteiger partial charge in [-0.1, -0.05) is 6.07 Å². The maximum absolute atomic E-state index is 13.2. The van der Waals surface area contributed by atoms with E-state index < -0.39 is 0 Å². The van der Waals surface area contributed by atoms with Gasteiger partial charge in [-0.2, -0.15) is 5.10 Å². The van der Waals surface area contributed by atoms with E-state index in [4.69, 9.17) is 5.10 Å². The Bertz CT molecular complexity index is 1430. The summed E-state index contributed by atoms with van der Waals surface area (Å²) in [6.45, 7) is 9.57. The molecule has 4 aromatic rings. The molecular weight excluding hydrogens is 476 g/mol. The van der Waals surface area contributed by atoms with Gasteiger partial charge in [0.2, 0.25) is 0 Å². The van der Waals surface area contributed by atoms with Crippen molar-refractivity contribution in [3.05, 3.63) is 53.5 Å². The molecule has 0 radical (unpaired) electrons. The third-order valence-electron chi connectivity index (χ3n) is 8.15. The van der Waals surface area contributed by atoms with E-state index in [9.17, 15) is 4.79 Å². The van der Waals surface area contributed by atoms with Gasteiger partial charge in [0, 0.05) is 73.1 Å². The second-order valence-corrected chi connectivity index (χ2v) is 10.8. The summed E-state index contributed by atoms with van der Waals surface area (Å²) in [6.07, 6.45) is 6.42. The Kier molecular flexibility index (Phi) is 7.14. The molecule has 0 aliphatic carbocycles. The number of H-pyrrole nitrogens is 1. The number of rotatable bonds is 8. The van der Waals surface area contributed by atoms with Crippen molar-refractivity contribution in [3.63, 3.8) is 0 Å². The topological polar surface area (TPSA) is 94.1 Å². The number of anilines is 1. The van der Waals surface area contributed by atoms with E-state index in [0.717, 1.165) is 92.6 Å². The largest absolute Gasteiger partial charge is 0.357 e. The Balaban J connectivity index is 1.13. The number of carbonyl (C=O) groups is 1. The SMILES string of the molecule is Cc1nn(CCCCN2CCNCC2)c2cc(C(=O)Nc3cc4[nH]c([C@@H]5CCCN5C)cc4cn3)ccc12. The van der Waals surface area contributed by atoms with Gasteiger partial charge in [-0.25, -0.2) is 4.98 Å². The van der Waals surface area contributed by atoms with Crippen LogP contribution in [0, 0.1) is 6.92 Å². The Hall–Kier alpha value is -3.27. The van der Waals surface area contributed by atoms with E-state index in [1.807, 2.05) is 37.4 Å². The zero-order valence-corrected chi connectivity index (χ0v) is 22.5. The Morgan fingerprint density at radius 1 is 1.11 bits per heavy atom. The van der Waals surface area contributed by atoms with Crippen molar-refractivity contribution in [1.29, 1.82) is 0 Å². The van der Waals surface area contributed by atoms with Crippen LogP contribution >= 0.6 is 0 Å². The fourth-order valence-electron chi connectivity index (χ4n) is 5.97. The van der Waals surface area contributed by atoms with Crippen LogP contribution in [0.1, 0.15) is 53.5 Å².